The topological polar surface area (TPSA) is 38.6 Å². The number of aryl methyl sites for hydroxylation is 1. The van der Waals surface area contributed by atoms with E-state index in [0.29, 0.717) is 12.4 Å². The van der Waals surface area contributed by atoms with E-state index in [1.54, 1.807) is 18.4 Å². The van der Waals surface area contributed by atoms with Crippen molar-refractivity contribution in [2.45, 2.75) is 13.5 Å². The molecule has 0 saturated carbocycles. The van der Waals surface area contributed by atoms with Crippen molar-refractivity contribution in [1.82, 2.24) is 9.38 Å². The third kappa shape index (κ3) is 2.82. The van der Waals surface area contributed by atoms with E-state index in [9.17, 15) is 0 Å². The van der Waals surface area contributed by atoms with Crippen molar-refractivity contribution in [1.29, 1.82) is 0 Å². The van der Waals surface area contributed by atoms with Crippen LogP contribution in [0.5, 0.6) is 5.88 Å². The molecule has 0 unspecified atom stereocenters. The number of rotatable bonds is 4. The van der Waals surface area contributed by atoms with Crippen LogP contribution in [0.3, 0.4) is 0 Å². The Morgan fingerprint density at radius 3 is 2.71 bits per heavy atom. The fraction of sp³-hybridized carbons (Fsp3) is 0.214. The van der Waals surface area contributed by atoms with Crippen molar-refractivity contribution in [3.8, 4) is 5.88 Å². The lowest BCUT2D eigenvalue weighted by Crippen LogP contribution is -2.05. The fourth-order valence-electron chi connectivity index (χ4n) is 2.18. The molecule has 2 aromatic heterocycles. The van der Waals surface area contributed by atoms with Crippen LogP contribution < -0.4 is 10.1 Å². The zero-order valence-corrected chi connectivity index (χ0v) is 15.5. The van der Waals surface area contributed by atoms with Gasteiger partial charge in [0.05, 0.1) is 19.3 Å². The molecule has 3 rings (SSSR count). The standard InChI is InChI=1S/C14H13Br2N3OS/c1-8-5-9(15)12(10(16)6-8)17-7-11-13(20-2)18-14-19(11)3-4-21-14/h3-6,17H,7H2,1-2H3. The molecule has 0 aliphatic rings. The summed E-state index contributed by atoms with van der Waals surface area (Å²) < 4.78 is 9.47. The maximum atomic E-state index is 5.37. The summed E-state index contributed by atoms with van der Waals surface area (Å²) in [5, 5.41) is 5.45. The molecule has 0 saturated heterocycles. The molecule has 0 aliphatic carbocycles. The average molecular weight is 431 g/mol. The number of hydrogen-bond donors (Lipinski definition) is 1. The van der Waals surface area contributed by atoms with E-state index in [1.165, 1.54) is 5.56 Å². The molecule has 21 heavy (non-hydrogen) atoms. The smallest absolute Gasteiger partial charge is 0.238 e. The molecule has 0 fully saturated rings. The van der Waals surface area contributed by atoms with Crippen LogP contribution in [-0.4, -0.2) is 16.5 Å². The first kappa shape index (κ1) is 14.9. The number of hydrogen-bond acceptors (Lipinski definition) is 4. The molecule has 0 spiro atoms. The van der Waals surface area contributed by atoms with Gasteiger partial charge in [0, 0.05) is 20.5 Å². The minimum absolute atomic E-state index is 0.626. The van der Waals surface area contributed by atoms with E-state index in [1.807, 2.05) is 16.0 Å². The monoisotopic (exact) mass is 429 g/mol. The number of ether oxygens (including phenoxy) is 1. The molecule has 0 aliphatic heterocycles. The minimum atomic E-state index is 0.626. The molecule has 1 aromatic carbocycles. The molecule has 7 heteroatoms. The number of benzene rings is 1. The van der Waals surface area contributed by atoms with Gasteiger partial charge in [0.1, 0.15) is 5.69 Å². The van der Waals surface area contributed by atoms with Crippen LogP contribution in [-0.2, 0) is 6.54 Å². The molecule has 1 N–H and O–H groups in total. The summed E-state index contributed by atoms with van der Waals surface area (Å²) in [6.07, 6.45) is 2.01. The molecule has 0 atom stereocenters. The Labute approximate surface area is 143 Å². The normalized spacial score (nSPS) is 11.0. The maximum absolute atomic E-state index is 5.37. The van der Waals surface area contributed by atoms with Gasteiger partial charge in [-0.25, -0.2) is 0 Å². The van der Waals surface area contributed by atoms with Crippen LogP contribution in [0.15, 0.2) is 32.7 Å². The van der Waals surface area contributed by atoms with Crippen molar-refractivity contribution < 1.29 is 4.74 Å². The second kappa shape index (κ2) is 5.98. The molecule has 3 aromatic rings. The van der Waals surface area contributed by atoms with Crippen LogP contribution in [0.1, 0.15) is 11.3 Å². The van der Waals surface area contributed by atoms with Crippen LogP contribution in [0.25, 0.3) is 4.96 Å². The Hall–Kier alpha value is -1.05. The summed E-state index contributed by atoms with van der Waals surface area (Å²) in [6.45, 7) is 2.69. The highest BCUT2D eigenvalue weighted by atomic mass is 79.9. The van der Waals surface area contributed by atoms with E-state index in [-0.39, 0.29) is 0 Å². The van der Waals surface area contributed by atoms with Crippen LogP contribution >= 0.6 is 43.2 Å². The third-order valence-electron chi connectivity index (χ3n) is 3.14. The van der Waals surface area contributed by atoms with Crippen LogP contribution in [0.2, 0.25) is 0 Å². The summed E-state index contributed by atoms with van der Waals surface area (Å²) in [4.78, 5) is 5.39. The van der Waals surface area contributed by atoms with Gasteiger partial charge in [0.25, 0.3) is 0 Å². The van der Waals surface area contributed by atoms with Crippen molar-refractivity contribution in [3.05, 3.63) is 43.9 Å². The average Bonchev–Trinajstić information content (AvgIpc) is 2.98. The summed E-state index contributed by atoms with van der Waals surface area (Å²) in [5.41, 5.74) is 3.22. The van der Waals surface area contributed by atoms with Crippen molar-refractivity contribution in [2.24, 2.45) is 0 Å². The number of anilines is 1. The summed E-state index contributed by atoms with van der Waals surface area (Å²) in [5.74, 6) is 0.661. The van der Waals surface area contributed by atoms with E-state index in [4.69, 9.17) is 4.74 Å². The molecular formula is C14H13Br2N3OS. The first-order valence-corrected chi connectivity index (χ1v) is 8.74. The van der Waals surface area contributed by atoms with Crippen molar-refractivity contribution >= 4 is 53.8 Å². The second-order valence-corrected chi connectivity index (χ2v) is 7.16. The number of nitrogens with zero attached hydrogens (tertiary/aromatic N) is 2. The van der Waals surface area contributed by atoms with Crippen LogP contribution in [0.4, 0.5) is 5.69 Å². The van der Waals surface area contributed by atoms with Gasteiger partial charge in [0.15, 0.2) is 4.96 Å². The fourth-order valence-corrected chi connectivity index (χ4v) is 4.60. The molecule has 2 heterocycles. The first-order valence-electron chi connectivity index (χ1n) is 6.28. The van der Waals surface area contributed by atoms with Gasteiger partial charge in [-0.3, -0.25) is 4.40 Å². The van der Waals surface area contributed by atoms with E-state index >= 15 is 0 Å². The van der Waals surface area contributed by atoms with Crippen molar-refractivity contribution in [3.63, 3.8) is 0 Å². The van der Waals surface area contributed by atoms with Gasteiger partial charge < -0.3 is 10.1 Å². The number of aromatic nitrogens is 2. The molecule has 0 amide bonds. The Balaban J connectivity index is 1.91. The Kier molecular flexibility index (Phi) is 4.24. The highest BCUT2D eigenvalue weighted by Crippen LogP contribution is 2.33. The maximum Gasteiger partial charge on any atom is 0.238 e. The third-order valence-corrected chi connectivity index (χ3v) is 5.14. The largest absolute Gasteiger partial charge is 0.480 e. The highest BCUT2D eigenvalue weighted by molar-refractivity contribution is 9.11. The quantitative estimate of drug-likeness (QED) is 0.642. The number of methoxy groups -OCH3 is 1. The summed E-state index contributed by atoms with van der Waals surface area (Å²) in [6, 6.07) is 4.17. The first-order chi connectivity index (χ1) is 10.1. The van der Waals surface area contributed by atoms with Gasteiger partial charge in [-0.05, 0) is 56.5 Å². The molecule has 4 nitrogen and oxygen atoms in total. The highest BCUT2D eigenvalue weighted by Gasteiger charge is 2.14. The van der Waals surface area contributed by atoms with Gasteiger partial charge in [-0.15, -0.1) is 11.3 Å². The van der Waals surface area contributed by atoms with Gasteiger partial charge in [-0.1, -0.05) is 0 Å². The zero-order valence-electron chi connectivity index (χ0n) is 11.5. The number of nitrogens with one attached hydrogen (secondary N) is 1. The van der Waals surface area contributed by atoms with Gasteiger partial charge in [-0.2, -0.15) is 4.98 Å². The lowest BCUT2D eigenvalue weighted by atomic mass is 10.2. The Morgan fingerprint density at radius 1 is 1.33 bits per heavy atom. The number of fused-ring (bicyclic) bond motifs is 1. The lowest BCUT2D eigenvalue weighted by Gasteiger charge is -2.12. The van der Waals surface area contributed by atoms with E-state index in [2.05, 4.69) is 61.2 Å². The lowest BCUT2D eigenvalue weighted by molar-refractivity contribution is 0.395. The van der Waals surface area contributed by atoms with E-state index in [0.717, 1.165) is 25.3 Å². The Bertz CT molecular complexity index is 774. The predicted octanol–water partition coefficient (Wildman–Crippen LogP) is 4.85. The number of halogens is 2. The van der Waals surface area contributed by atoms with Gasteiger partial charge >= 0.3 is 0 Å². The van der Waals surface area contributed by atoms with E-state index < -0.39 is 0 Å². The molecule has 0 bridgehead atoms. The molecule has 110 valence electrons. The predicted molar refractivity (Wildman–Crippen MR) is 93.5 cm³/mol. The Morgan fingerprint density at radius 2 is 2.05 bits per heavy atom. The molecular weight excluding hydrogens is 418 g/mol. The number of imidazole rings is 1. The zero-order chi connectivity index (χ0) is 15.0. The van der Waals surface area contributed by atoms with Gasteiger partial charge in [0.2, 0.25) is 5.88 Å². The summed E-state index contributed by atoms with van der Waals surface area (Å²) >= 11 is 8.79. The number of thiazole rings is 1. The van der Waals surface area contributed by atoms with Crippen LogP contribution in [0, 0.1) is 6.92 Å². The minimum Gasteiger partial charge on any atom is -0.480 e. The SMILES string of the molecule is COc1nc2sccn2c1CNc1c(Br)cc(C)cc1Br. The second-order valence-electron chi connectivity index (χ2n) is 4.58. The molecule has 0 radical (unpaired) electrons. The van der Waals surface area contributed by atoms with Crippen molar-refractivity contribution in [2.75, 3.05) is 12.4 Å². The summed E-state index contributed by atoms with van der Waals surface area (Å²) in [7, 11) is 1.65.